The molecular weight excluding hydrogens is 341 g/mol. The van der Waals surface area contributed by atoms with Crippen molar-refractivity contribution in [2.75, 3.05) is 17.7 Å². The third-order valence-corrected chi connectivity index (χ3v) is 3.65. The molecule has 1 aromatic carbocycles. The number of aromatic nitrogens is 3. The summed E-state index contributed by atoms with van der Waals surface area (Å²) in [7, 11) is 2.90. The largest absolute Gasteiger partial charge is 0.453 e. The van der Waals surface area contributed by atoms with Crippen molar-refractivity contribution in [2.24, 2.45) is 7.05 Å². The van der Waals surface area contributed by atoms with Crippen LogP contribution in [0.15, 0.2) is 48.9 Å². The maximum absolute atomic E-state index is 13.8. The Kier molecular flexibility index (Phi) is 4.70. The summed E-state index contributed by atoms with van der Waals surface area (Å²) in [6.07, 6.45) is 4.23. The Morgan fingerprint density at radius 1 is 1.19 bits per heavy atom. The number of hydrogen-bond donors (Lipinski definition) is 2. The highest BCUT2D eigenvalue weighted by Gasteiger charge is 2.18. The molecule has 0 radical (unpaired) electrons. The Balaban J connectivity index is 1.85. The van der Waals surface area contributed by atoms with Crippen LogP contribution in [0.4, 0.5) is 20.6 Å². The van der Waals surface area contributed by atoms with Crippen LogP contribution < -0.4 is 10.6 Å². The monoisotopic (exact) mass is 357 g/mol. The Bertz CT molecular complexity index is 949. The van der Waals surface area contributed by atoms with Crippen LogP contribution in [0.2, 0.25) is 0 Å². The molecule has 0 unspecified atom stereocenters. The molecule has 8 nitrogen and oxygen atoms in total. The molecule has 0 saturated heterocycles. The van der Waals surface area contributed by atoms with Gasteiger partial charge in [0.1, 0.15) is 17.2 Å². The summed E-state index contributed by atoms with van der Waals surface area (Å²) in [6, 6.07) is 7.49. The molecule has 0 atom stereocenters. The second-order valence-corrected chi connectivity index (χ2v) is 5.36. The minimum atomic E-state index is -0.811. The van der Waals surface area contributed by atoms with E-state index in [0.29, 0.717) is 17.1 Å². The van der Waals surface area contributed by atoms with Crippen molar-refractivity contribution in [3.63, 3.8) is 0 Å². The number of hydrogen-bond acceptors (Lipinski definition) is 4. The number of ether oxygens (including phenoxy) is 1. The quantitative estimate of drug-likeness (QED) is 0.751. The lowest BCUT2D eigenvalue weighted by atomic mass is 10.2. The molecule has 134 valence electrons. The number of nitrogens with zero attached hydrogens (tertiary/aromatic N) is 3. The van der Waals surface area contributed by atoms with Gasteiger partial charge in [0, 0.05) is 25.1 Å². The molecule has 0 aliphatic heterocycles. The van der Waals surface area contributed by atoms with E-state index in [2.05, 4.69) is 20.5 Å². The van der Waals surface area contributed by atoms with Gasteiger partial charge < -0.3 is 14.6 Å². The van der Waals surface area contributed by atoms with Gasteiger partial charge in [0.05, 0.1) is 19.0 Å². The van der Waals surface area contributed by atoms with Crippen molar-refractivity contribution in [3.8, 4) is 5.82 Å². The first-order valence-electron chi connectivity index (χ1n) is 7.61. The number of aryl methyl sites for hydroxylation is 1. The van der Waals surface area contributed by atoms with Crippen LogP contribution in [-0.2, 0) is 11.8 Å². The molecule has 2 amide bonds. The maximum atomic E-state index is 13.8. The molecule has 2 N–H and O–H groups in total. The fraction of sp³-hybridized carbons (Fsp3) is 0.118. The first kappa shape index (κ1) is 17.2. The first-order valence-corrected chi connectivity index (χ1v) is 7.61. The van der Waals surface area contributed by atoms with Gasteiger partial charge in [-0.2, -0.15) is 5.10 Å². The van der Waals surface area contributed by atoms with E-state index in [4.69, 9.17) is 0 Å². The molecule has 0 saturated carbocycles. The smallest absolute Gasteiger partial charge is 0.411 e. The van der Waals surface area contributed by atoms with Crippen LogP contribution in [0.3, 0.4) is 0 Å². The number of methoxy groups -OCH3 is 1. The summed E-state index contributed by atoms with van der Waals surface area (Å²) >= 11 is 0. The van der Waals surface area contributed by atoms with Crippen LogP contribution in [0.1, 0.15) is 10.4 Å². The summed E-state index contributed by atoms with van der Waals surface area (Å²) < 4.78 is 21.6. The van der Waals surface area contributed by atoms with Crippen LogP contribution in [0.25, 0.3) is 5.82 Å². The van der Waals surface area contributed by atoms with Gasteiger partial charge in [-0.3, -0.25) is 14.8 Å². The average molecular weight is 357 g/mol. The van der Waals surface area contributed by atoms with Gasteiger partial charge in [-0.25, -0.2) is 9.18 Å². The van der Waals surface area contributed by atoms with Crippen LogP contribution in [-0.4, -0.2) is 33.5 Å². The molecule has 3 aromatic rings. The molecule has 0 spiro atoms. The third kappa shape index (κ3) is 3.41. The fourth-order valence-electron chi connectivity index (χ4n) is 2.43. The molecule has 0 aliphatic carbocycles. The van der Waals surface area contributed by atoms with Crippen molar-refractivity contribution < 1.29 is 18.7 Å². The first-order chi connectivity index (χ1) is 12.5. The highest BCUT2D eigenvalue weighted by atomic mass is 19.1. The van der Waals surface area contributed by atoms with Gasteiger partial charge >= 0.3 is 6.09 Å². The van der Waals surface area contributed by atoms with E-state index in [1.807, 2.05) is 12.1 Å². The molecule has 3 rings (SSSR count). The number of benzene rings is 1. The Morgan fingerprint density at radius 2 is 1.92 bits per heavy atom. The zero-order valence-corrected chi connectivity index (χ0v) is 14.1. The number of carbonyl (C=O) groups is 2. The summed E-state index contributed by atoms with van der Waals surface area (Å²) in [6.45, 7) is 0. The Hall–Kier alpha value is -3.62. The number of amides is 2. The van der Waals surface area contributed by atoms with Gasteiger partial charge in [0.25, 0.3) is 5.91 Å². The summed E-state index contributed by atoms with van der Waals surface area (Å²) in [5.74, 6) is -0.484. The SMILES string of the molecule is COC(=O)Nc1cc(NC(=O)c2cnn(C)c2-n2cccc2)ccc1F. The van der Waals surface area contributed by atoms with E-state index in [0.717, 1.165) is 6.07 Å². The minimum absolute atomic E-state index is 0.105. The number of carbonyl (C=O) groups excluding carboxylic acids is 2. The zero-order chi connectivity index (χ0) is 18.7. The number of rotatable bonds is 4. The lowest BCUT2D eigenvalue weighted by Crippen LogP contribution is -2.16. The van der Waals surface area contributed by atoms with E-state index < -0.39 is 17.8 Å². The van der Waals surface area contributed by atoms with E-state index >= 15 is 0 Å². The van der Waals surface area contributed by atoms with Crippen molar-refractivity contribution in [1.29, 1.82) is 0 Å². The zero-order valence-electron chi connectivity index (χ0n) is 14.1. The second-order valence-electron chi connectivity index (χ2n) is 5.36. The van der Waals surface area contributed by atoms with E-state index in [1.165, 1.54) is 25.4 Å². The van der Waals surface area contributed by atoms with Gasteiger partial charge in [0.2, 0.25) is 0 Å². The molecule has 0 bridgehead atoms. The van der Waals surface area contributed by atoms with E-state index in [1.54, 1.807) is 28.7 Å². The molecule has 9 heteroatoms. The predicted molar refractivity (Wildman–Crippen MR) is 92.9 cm³/mol. The standard InChI is InChI=1S/C17H16FN5O3/c1-22-16(23-7-3-4-8-23)12(10-19-22)15(24)20-11-5-6-13(18)14(9-11)21-17(25)26-2/h3-10H,1-2H3,(H,20,24)(H,21,25). The topological polar surface area (TPSA) is 90.2 Å². The van der Waals surface area contributed by atoms with Gasteiger partial charge in [-0.05, 0) is 30.3 Å². The maximum Gasteiger partial charge on any atom is 0.411 e. The molecule has 2 heterocycles. The van der Waals surface area contributed by atoms with Crippen LogP contribution in [0.5, 0.6) is 0 Å². The molecule has 0 aliphatic rings. The average Bonchev–Trinajstić information content (AvgIpc) is 3.26. The minimum Gasteiger partial charge on any atom is -0.453 e. The third-order valence-electron chi connectivity index (χ3n) is 3.65. The fourth-order valence-corrected chi connectivity index (χ4v) is 2.43. The number of nitrogens with one attached hydrogen (secondary N) is 2. The van der Waals surface area contributed by atoms with Crippen molar-refractivity contribution in [2.45, 2.75) is 0 Å². The molecule has 26 heavy (non-hydrogen) atoms. The molecule has 0 fully saturated rings. The van der Waals surface area contributed by atoms with Crippen LogP contribution >= 0.6 is 0 Å². The van der Waals surface area contributed by atoms with Gasteiger partial charge in [-0.15, -0.1) is 0 Å². The lowest BCUT2D eigenvalue weighted by molar-refractivity contribution is 0.102. The molecular formula is C17H16FN5O3. The second kappa shape index (κ2) is 7.09. The highest BCUT2D eigenvalue weighted by Crippen LogP contribution is 2.22. The molecule has 2 aromatic heterocycles. The number of halogens is 1. The van der Waals surface area contributed by atoms with Gasteiger partial charge in [-0.1, -0.05) is 0 Å². The highest BCUT2D eigenvalue weighted by molar-refractivity contribution is 6.06. The van der Waals surface area contributed by atoms with E-state index in [-0.39, 0.29) is 5.69 Å². The van der Waals surface area contributed by atoms with Crippen molar-refractivity contribution in [1.82, 2.24) is 14.3 Å². The summed E-state index contributed by atoms with van der Waals surface area (Å²) in [5.41, 5.74) is 0.548. The Morgan fingerprint density at radius 3 is 2.62 bits per heavy atom. The summed E-state index contributed by atoms with van der Waals surface area (Å²) in [4.78, 5) is 23.9. The van der Waals surface area contributed by atoms with Crippen LogP contribution in [0, 0.1) is 5.82 Å². The predicted octanol–water partition coefficient (Wildman–Crippen LogP) is 2.78. The van der Waals surface area contributed by atoms with Crippen molar-refractivity contribution >= 4 is 23.4 Å². The van der Waals surface area contributed by atoms with E-state index in [9.17, 15) is 14.0 Å². The van der Waals surface area contributed by atoms with Crippen molar-refractivity contribution in [3.05, 3.63) is 60.3 Å². The Labute approximate surface area is 148 Å². The number of anilines is 2. The summed E-state index contributed by atoms with van der Waals surface area (Å²) in [5, 5.41) is 9.03. The lowest BCUT2D eigenvalue weighted by Gasteiger charge is -2.10. The normalized spacial score (nSPS) is 10.4. The van der Waals surface area contributed by atoms with Gasteiger partial charge in [0.15, 0.2) is 0 Å².